The third-order valence-electron chi connectivity index (χ3n) is 2.73. The summed E-state index contributed by atoms with van der Waals surface area (Å²) in [6.07, 6.45) is 3.79. The molecule has 1 aliphatic rings. The molecule has 0 bridgehead atoms. The molecule has 1 fully saturated rings. The van der Waals surface area contributed by atoms with E-state index in [2.05, 4.69) is 25.9 Å². The summed E-state index contributed by atoms with van der Waals surface area (Å²) in [5.74, 6) is 0.321. The van der Waals surface area contributed by atoms with Crippen molar-refractivity contribution in [3.63, 3.8) is 0 Å². The van der Waals surface area contributed by atoms with Crippen molar-refractivity contribution in [3.8, 4) is 0 Å². The van der Waals surface area contributed by atoms with Gasteiger partial charge in [-0.3, -0.25) is 4.79 Å². The zero-order valence-corrected chi connectivity index (χ0v) is 8.92. The van der Waals surface area contributed by atoms with Crippen molar-refractivity contribution >= 4 is 17.5 Å². The number of aromatic nitrogens is 4. The lowest BCUT2D eigenvalue weighted by molar-refractivity contribution is -0.120. The lowest BCUT2D eigenvalue weighted by Crippen LogP contribution is -2.45. The average Bonchev–Trinajstić information content (AvgIpc) is 2.87. The second kappa shape index (κ2) is 4.14. The van der Waals surface area contributed by atoms with Gasteiger partial charge in [0.2, 0.25) is 5.91 Å². The predicted octanol–water partition coefficient (Wildman–Crippen LogP) is 0.324. The van der Waals surface area contributed by atoms with Crippen LogP contribution in [-0.4, -0.2) is 32.4 Å². The number of carbonyl (C=O) groups is 1. The van der Waals surface area contributed by atoms with Gasteiger partial charge in [-0.05, 0) is 12.8 Å². The molecule has 1 aliphatic carbocycles. The molecule has 1 amide bonds. The minimum Gasteiger partial charge on any atom is -0.342 e. The first-order valence-electron chi connectivity index (χ1n) is 4.88. The van der Waals surface area contributed by atoms with E-state index in [4.69, 9.17) is 11.6 Å². The maximum Gasteiger partial charge on any atom is 0.235 e. The highest BCUT2D eigenvalue weighted by molar-refractivity contribution is 6.27. The van der Waals surface area contributed by atoms with E-state index >= 15 is 0 Å². The van der Waals surface area contributed by atoms with Crippen LogP contribution in [0.15, 0.2) is 0 Å². The van der Waals surface area contributed by atoms with Gasteiger partial charge in [0, 0.05) is 0 Å². The lowest BCUT2D eigenvalue weighted by Gasteiger charge is -2.26. The van der Waals surface area contributed by atoms with Crippen LogP contribution in [0.2, 0.25) is 0 Å². The molecule has 0 radical (unpaired) electrons. The Morgan fingerprint density at radius 3 is 2.80 bits per heavy atom. The number of amides is 1. The van der Waals surface area contributed by atoms with E-state index in [0.29, 0.717) is 5.82 Å². The van der Waals surface area contributed by atoms with Crippen molar-refractivity contribution in [2.45, 2.75) is 31.2 Å². The number of halogens is 1. The Bertz CT molecular complexity index is 333. The molecule has 2 N–H and O–H groups in total. The van der Waals surface area contributed by atoms with Gasteiger partial charge in [0.25, 0.3) is 0 Å². The first kappa shape index (κ1) is 10.4. The molecule has 1 heterocycles. The van der Waals surface area contributed by atoms with Gasteiger partial charge in [-0.2, -0.15) is 5.21 Å². The summed E-state index contributed by atoms with van der Waals surface area (Å²) < 4.78 is 0. The molecule has 0 saturated heterocycles. The van der Waals surface area contributed by atoms with Gasteiger partial charge in [0.1, 0.15) is 11.4 Å². The fourth-order valence-electron chi connectivity index (χ4n) is 2.05. The van der Waals surface area contributed by atoms with Crippen LogP contribution in [0.1, 0.15) is 31.5 Å². The van der Waals surface area contributed by atoms with E-state index in [1.807, 2.05) is 0 Å². The Kier molecular flexibility index (Phi) is 2.86. The molecule has 0 spiro atoms. The maximum absolute atomic E-state index is 11.3. The topological polar surface area (TPSA) is 83.6 Å². The highest BCUT2D eigenvalue weighted by Crippen LogP contribution is 2.36. The molecule has 7 heteroatoms. The predicted molar refractivity (Wildman–Crippen MR) is 53.2 cm³/mol. The maximum atomic E-state index is 11.3. The molecule has 15 heavy (non-hydrogen) atoms. The van der Waals surface area contributed by atoms with Gasteiger partial charge in [-0.1, -0.05) is 18.1 Å². The number of rotatable bonds is 3. The quantitative estimate of drug-likeness (QED) is 0.732. The SMILES string of the molecule is O=C(CCl)NC1(c2nn[nH]n2)CCCC1. The number of aromatic amines is 1. The molecule has 0 aliphatic heterocycles. The normalized spacial score (nSPS) is 19.0. The van der Waals surface area contributed by atoms with Crippen molar-refractivity contribution in [1.29, 1.82) is 0 Å². The monoisotopic (exact) mass is 229 g/mol. The number of hydrogen-bond acceptors (Lipinski definition) is 4. The molecular weight excluding hydrogens is 218 g/mol. The summed E-state index contributed by atoms with van der Waals surface area (Å²) in [6, 6.07) is 0. The van der Waals surface area contributed by atoms with Crippen molar-refractivity contribution in [2.24, 2.45) is 0 Å². The molecule has 1 aromatic heterocycles. The summed E-state index contributed by atoms with van der Waals surface area (Å²) in [5, 5.41) is 16.7. The van der Waals surface area contributed by atoms with Gasteiger partial charge in [-0.15, -0.1) is 21.8 Å². The zero-order valence-electron chi connectivity index (χ0n) is 8.16. The second-order valence-electron chi connectivity index (χ2n) is 3.71. The average molecular weight is 230 g/mol. The van der Waals surface area contributed by atoms with Crippen LogP contribution in [0, 0.1) is 0 Å². The number of nitrogens with one attached hydrogen (secondary N) is 2. The summed E-state index contributed by atoms with van der Waals surface area (Å²) in [6.45, 7) is 0. The van der Waals surface area contributed by atoms with Gasteiger partial charge < -0.3 is 5.32 Å². The summed E-state index contributed by atoms with van der Waals surface area (Å²) in [7, 11) is 0. The fraction of sp³-hybridized carbons (Fsp3) is 0.750. The lowest BCUT2D eigenvalue weighted by atomic mass is 9.97. The summed E-state index contributed by atoms with van der Waals surface area (Å²) >= 11 is 5.48. The highest BCUT2D eigenvalue weighted by atomic mass is 35.5. The first-order chi connectivity index (χ1) is 7.27. The minimum absolute atomic E-state index is 0.0421. The third-order valence-corrected chi connectivity index (χ3v) is 2.97. The third kappa shape index (κ3) is 1.94. The number of alkyl halides is 1. The van der Waals surface area contributed by atoms with E-state index < -0.39 is 5.54 Å². The van der Waals surface area contributed by atoms with Crippen LogP contribution in [0.4, 0.5) is 0 Å². The number of carbonyl (C=O) groups excluding carboxylic acids is 1. The summed E-state index contributed by atoms with van der Waals surface area (Å²) in [4.78, 5) is 11.3. The first-order valence-corrected chi connectivity index (χ1v) is 5.41. The Balaban J connectivity index is 2.21. The zero-order chi connectivity index (χ0) is 10.7. The molecule has 1 aromatic rings. The molecule has 0 atom stereocenters. The van der Waals surface area contributed by atoms with Gasteiger partial charge in [0.05, 0.1) is 0 Å². The number of nitrogens with zero attached hydrogens (tertiary/aromatic N) is 3. The van der Waals surface area contributed by atoms with Crippen LogP contribution in [0.3, 0.4) is 0 Å². The largest absolute Gasteiger partial charge is 0.342 e. The molecule has 2 rings (SSSR count). The van der Waals surface area contributed by atoms with E-state index in [0.717, 1.165) is 25.7 Å². The van der Waals surface area contributed by atoms with E-state index in [-0.39, 0.29) is 11.8 Å². The van der Waals surface area contributed by atoms with Crippen molar-refractivity contribution in [3.05, 3.63) is 5.82 Å². The standard InChI is InChI=1S/C8H12ClN5O/c9-5-6(15)10-8(3-1-2-4-8)7-11-13-14-12-7/h1-5H2,(H,10,15)(H,11,12,13,14). The van der Waals surface area contributed by atoms with Gasteiger partial charge >= 0.3 is 0 Å². The van der Waals surface area contributed by atoms with Crippen LogP contribution in [-0.2, 0) is 10.3 Å². The van der Waals surface area contributed by atoms with Crippen LogP contribution < -0.4 is 5.32 Å². The number of H-pyrrole nitrogens is 1. The molecular formula is C8H12ClN5O. The van der Waals surface area contributed by atoms with E-state index in [1.54, 1.807) is 0 Å². The van der Waals surface area contributed by atoms with Crippen molar-refractivity contribution < 1.29 is 4.79 Å². The summed E-state index contributed by atoms with van der Waals surface area (Å²) in [5.41, 5.74) is -0.459. The van der Waals surface area contributed by atoms with Crippen LogP contribution >= 0.6 is 11.6 Å². The molecule has 0 unspecified atom stereocenters. The molecule has 82 valence electrons. The smallest absolute Gasteiger partial charge is 0.235 e. The van der Waals surface area contributed by atoms with E-state index in [9.17, 15) is 4.79 Å². The Labute approximate surface area is 91.8 Å². The van der Waals surface area contributed by atoms with Crippen molar-refractivity contribution in [1.82, 2.24) is 25.9 Å². The van der Waals surface area contributed by atoms with Crippen molar-refractivity contribution in [2.75, 3.05) is 5.88 Å². The van der Waals surface area contributed by atoms with Crippen LogP contribution in [0.25, 0.3) is 0 Å². The highest BCUT2D eigenvalue weighted by Gasteiger charge is 2.40. The minimum atomic E-state index is -0.459. The van der Waals surface area contributed by atoms with Crippen LogP contribution in [0.5, 0.6) is 0 Å². The Hall–Kier alpha value is -1.17. The number of tetrazole rings is 1. The molecule has 0 aromatic carbocycles. The Morgan fingerprint density at radius 1 is 1.53 bits per heavy atom. The number of hydrogen-bond donors (Lipinski definition) is 2. The second-order valence-corrected chi connectivity index (χ2v) is 3.97. The van der Waals surface area contributed by atoms with Gasteiger partial charge in [-0.25, -0.2) is 0 Å². The Morgan fingerprint density at radius 2 is 2.27 bits per heavy atom. The van der Waals surface area contributed by atoms with E-state index in [1.165, 1.54) is 0 Å². The fourth-order valence-corrected chi connectivity index (χ4v) is 2.11. The van der Waals surface area contributed by atoms with Gasteiger partial charge in [0.15, 0.2) is 5.82 Å². The molecule has 6 nitrogen and oxygen atoms in total. The molecule has 1 saturated carbocycles.